The molecule has 144 valence electrons. The van der Waals surface area contributed by atoms with Crippen molar-refractivity contribution in [1.82, 2.24) is 0 Å². The number of carbonyl (C=O) groups is 2. The molecule has 0 atom stereocenters. The topological polar surface area (TPSA) is 204 Å². The normalized spacial score (nSPS) is 10.3. The van der Waals surface area contributed by atoms with E-state index in [4.69, 9.17) is 0 Å². The first-order valence-corrected chi connectivity index (χ1v) is 7.66. The first-order chi connectivity index (χ1) is 13.0. The third-order valence-corrected chi connectivity index (χ3v) is 4.13. The summed E-state index contributed by atoms with van der Waals surface area (Å²) < 4.78 is -0.321. The van der Waals surface area contributed by atoms with Gasteiger partial charge in [0.25, 0.3) is 17.1 Å². The quantitative estimate of drug-likeness (QED) is 0.479. The summed E-state index contributed by atoms with van der Waals surface area (Å²) in [6.45, 7) is 0. The molecule has 0 aliphatic heterocycles. The lowest BCUT2D eigenvalue weighted by Crippen LogP contribution is -2.09. The van der Waals surface area contributed by atoms with Crippen molar-refractivity contribution in [3.05, 3.63) is 70.2 Å². The molecule has 13 nitrogen and oxygen atoms in total. The monoisotopic (exact) mass is 455 g/mol. The van der Waals surface area contributed by atoms with Gasteiger partial charge < -0.3 is 10.2 Å². The Balaban J connectivity index is 3.09. The summed E-state index contributed by atoms with van der Waals surface area (Å²) >= 11 is 2.87. The van der Waals surface area contributed by atoms with Crippen LogP contribution in [0.25, 0.3) is 11.1 Å². The molecule has 0 aliphatic rings. The second-order valence-corrected chi connectivity index (χ2v) is 5.97. The molecule has 2 aromatic carbocycles. The van der Waals surface area contributed by atoms with E-state index in [9.17, 15) is 50.1 Å². The minimum Gasteiger partial charge on any atom is -0.478 e. The van der Waals surface area contributed by atoms with Gasteiger partial charge >= 0.3 is 11.9 Å². The number of hydrogen-bond acceptors (Lipinski definition) is 8. The first-order valence-electron chi connectivity index (χ1n) is 6.87. The van der Waals surface area contributed by atoms with E-state index in [0.29, 0.717) is 18.2 Å². The molecule has 0 bridgehead atoms. The van der Waals surface area contributed by atoms with Crippen LogP contribution >= 0.6 is 15.9 Å². The predicted octanol–water partition coefficient (Wildman–Crippen LogP) is 3.24. The number of nitro benzene ring substituents is 3. The molecule has 0 unspecified atom stereocenters. The lowest BCUT2D eigenvalue weighted by atomic mass is 9.92. The number of nitro groups is 3. The Bertz CT molecular complexity index is 1050. The second kappa shape index (κ2) is 7.36. The molecule has 0 heterocycles. The van der Waals surface area contributed by atoms with Crippen molar-refractivity contribution in [2.45, 2.75) is 0 Å². The minimum atomic E-state index is -1.80. The Hall–Kier alpha value is -3.94. The summed E-state index contributed by atoms with van der Waals surface area (Å²) in [5.41, 5.74) is -5.64. The van der Waals surface area contributed by atoms with Crippen LogP contribution in [-0.2, 0) is 0 Å². The number of carboxylic acids is 2. The molecule has 0 spiro atoms. The van der Waals surface area contributed by atoms with E-state index in [1.807, 2.05) is 0 Å². The zero-order valence-corrected chi connectivity index (χ0v) is 14.8. The fourth-order valence-electron chi connectivity index (χ4n) is 2.41. The van der Waals surface area contributed by atoms with Crippen molar-refractivity contribution in [1.29, 1.82) is 0 Å². The second-order valence-electron chi connectivity index (χ2n) is 5.12. The van der Waals surface area contributed by atoms with Gasteiger partial charge in [0.15, 0.2) is 0 Å². The number of halogens is 1. The van der Waals surface area contributed by atoms with Crippen molar-refractivity contribution in [3.63, 3.8) is 0 Å². The van der Waals surface area contributed by atoms with Crippen molar-refractivity contribution in [2.24, 2.45) is 0 Å². The maximum atomic E-state index is 11.6. The molecule has 0 saturated carbocycles. The summed E-state index contributed by atoms with van der Waals surface area (Å²) in [5.74, 6) is -3.54. The number of nitrogens with zero attached hydrogens (tertiary/aromatic N) is 3. The van der Waals surface area contributed by atoms with Crippen LogP contribution in [-0.4, -0.2) is 36.9 Å². The van der Waals surface area contributed by atoms with Gasteiger partial charge in [-0.05, 0) is 15.9 Å². The van der Waals surface area contributed by atoms with Gasteiger partial charge in [0.2, 0.25) is 0 Å². The Kier molecular flexibility index (Phi) is 5.35. The van der Waals surface area contributed by atoms with Crippen molar-refractivity contribution in [2.75, 3.05) is 0 Å². The smallest absolute Gasteiger partial charge is 0.336 e. The van der Waals surface area contributed by atoms with E-state index in [1.165, 1.54) is 0 Å². The Morgan fingerprint density at radius 2 is 1.18 bits per heavy atom. The summed E-state index contributed by atoms with van der Waals surface area (Å²) in [7, 11) is 0. The van der Waals surface area contributed by atoms with Crippen molar-refractivity contribution < 1.29 is 34.6 Å². The molecule has 28 heavy (non-hydrogen) atoms. The van der Waals surface area contributed by atoms with Gasteiger partial charge in [0.05, 0.1) is 37.5 Å². The third kappa shape index (κ3) is 3.61. The van der Waals surface area contributed by atoms with Gasteiger partial charge in [0, 0.05) is 28.2 Å². The van der Waals surface area contributed by atoms with E-state index in [-0.39, 0.29) is 4.47 Å². The third-order valence-electron chi connectivity index (χ3n) is 3.51. The Morgan fingerprint density at radius 1 is 0.750 bits per heavy atom. The van der Waals surface area contributed by atoms with E-state index in [2.05, 4.69) is 15.9 Å². The van der Waals surface area contributed by atoms with E-state index < -0.39 is 66.0 Å². The largest absolute Gasteiger partial charge is 0.478 e. The van der Waals surface area contributed by atoms with E-state index >= 15 is 0 Å². The van der Waals surface area contributed by atoms with Crippen LogP contribution in [0.1, 0.15) is 20.7 Å². The van der Waals surface area contributed by atoms with Crippen LogP contribution in [0.3, 0.4) is 0 Å². The van der Waals surface area contributed by atoms with Crippen LogP contribution in [0, 0.1) is 30.3 Å². The van der Waals surface area contributed by atoms with Crippen LogP contribution in [0.4, 0.5) is 17.1 Å². The fourth-order valence-corrected chi connectivity index (χ4v) is 3.06. The molecular weight excluding hydrogens is 450 g/mol. The molecule has 0 radical (unpaired) electrons. The highest BCUT2D eigenvalue weighted by Crippen LogP contribution is 2.43. The van der Waals surface area contributed by atoms with Crippen LogP contribution in [0.5, 0.6) is 0 Å². The van der Waals surface area contributed by atoms with Gasteiger partial charge in [-0.25, -0.2) is 9.59 Å². The molecule has 0 aromatic heterocycles. The van der Waals surface area contributed by atoms with Gasteiger partial charge in [-0.2, -0.15) is 0 Å². The van der Waals surface area contributed by atoms with Gasteiger partial charge in [-0.15, -0.1) is 0 Å². The number of benzene rings is 2. The first kappa shape index (κ1) is 20.4. The van der Waals surface area contributed by atoms with Crippen LogP contribution in [0.2, 0.25) is 0 Å². The van der Waals surface area contributed by atoms with E-state index in [1.54, 1.807) is 0 Å². The summed E-state index contributed by atoms with van der Waals surface area (Å²) in [6, 6.07) is 2.43. The zero-order chi connectivity index (χ0) is 21.3. The van der Waals surface area contributed by atoms with Gasteiger partial charge in [-0.3, -0.25) is 30.3 Å². The fraction of sp³-hybridized carbons (Fsp3) is 0. The molecule has 14 heteroatoms. The average molecular weight is 456 g/mol. The lowest BCUT2D eigenvalue weighted by molar-refractivity contribution is -0.393. The highest BCUT2D eigenvalue weighted by atomic mass is 79.9. The number of hydrogen-bond donors (Lipinski definition) is 2. The molecule has 2 rings (SSSR count). The van der Waals surface area contributed by atoms with Gasteiger partial charge in [-0.1, -0.05) is 0 Å². The molecule has 2 N–H and O–H groups in total. The molecule has 0 fully saturated rings. The highest BCUT2D eigenvalue weighted by molar-refractivity contribution is 9.10. The molecular formula is C14H6BrN3O10. The van der Waals surface area contributed by atoms with Crippen molar-refractivity contribution in [3.8, 4) is 11.1 Å². The molecule has 0 amide bonds. The number of carboxylic acid groups (broad SMARTS) is 2. The number of non-ortho nitro benzene ring substituents is 2. The lowest BCUT2D eigenvalue weighted by Gasteiger charge is -2.12. The predicted molar refractivity (Wildman–Crippen MR) is 93.5 cm³/mol. The highest BCUT2D eigenvalue weighted by Gasteiger charge is 2.33. The Labute approximate surface area is 161 Å². The minimum absolute atomic E-state index is 0.321. The summed E-state index contributed by atoms with van der Waals surface area (Å²) in [6.07, 6.45) is 0. The van der Waals surface area contributed by atoms with Crippen LogP contribution in [0.15, 0.2) is 28.7 Å². The zero-order valence-electron chi connectivity index (χ0n) is 13.2. The van der Waals surface area contributed by atoms with Crippen LogP contribution < -0.4 is 0 Å². The maximum absolute atomic E-state index is 11.6. The summed E-state index contributed by atoms with van der Waals surface area (Å²) in [5, 5.41) is 52.1. The van der Waals surface area contributed by atoms with Crippen molar-refractivity contribution >= 4 is 44.9 Å². The number of rotatable bonds is 6. The van der Waals surface area contributed by atoms with E-state index in [0.717, 1.165) is 6.07 Å². The molecule has 2 aromatic rings. The SMILES string of the molecule is O=C(O)c1cc([N+](=O)[O-])cc(Br)c1-c1c(C(=O)O)cc([N+](=O)[O-])cc1[N+](=O)[O-]. The molecule has 0 aliphatic carbocycles. The standard InChI is InChI=1S/C14H6BrN3O10/c15-9-3-5(16(23)24)1-7(13(19)20)11(9)12-8(14(21)22)2-6(17(25)26)4-10(12)18(27)28/h1-4H,(H,19,20)(H,21,22). The number of aromatic carboxylic acids is 2. The molecule has 0 saturated heterocycles. The maximum Gasteiger partial charge on any atom is 0.336 e. The summed E-state index contributed by atoms with van der Waals surface area (Å²) in [4.78, 5) is 53.5. The van der Waals surface area contributed by atoms with Gasteiger partial charge in [0.1, 0.15) is 0 Å². The average Bonchev–Trinajstić information content (AvgIpc) is 2.59. The Morgan fingerprint density at radius 3 is 1.57 bits per heavy atom.